The average molecular weight is 288 g/mol. The SMILES string of the molecule is CCC(C)CSc1nc2ccccc2cc1CC(C)N. The topological polar surface area (TPSA) is 38.9 Å². The molecule has 0 saturated heterocycles. The van der Waals surface area contributed by atoms with E-state index in [1.54, 1.807) is 0 Å². The first-order valence-corrected chi connectivity index (χ1v) is 8.35. The van der Waals surface area contributed by atoms with Crippen LogP contribution in [0.4, 0.5) is 0 Å². The quantitative estimate of drug-likeness (QED) is 0.807. The Kier molecular flexibility index (Phi) is 5.44. The number of fused-ring (bicyclic) bond motifs is 1. The molecule has 0 aliphatic heterocycles. The fraction of sp³-hybridized carbons (Fsp3) is 0.471. The largest absolute Gasteiger partial charge is 0.328 e. The van der Waals surface area contributed by atoms with E-state index in [9.17, 15) is 0 Å². The second kappa shape index (κ2) is 7.09. The molecule has 0 aliphatic carbocycles. The average Bonchev–Trinajstić information content (AvgIpc) is 2.44. The van der Waals surface area contributed by atoms with E-state index in [0.717, 1.165) is 28.6 Å². The van der Waals surface area contributed by atoms with Crippen LogP contribution in [0.2, 0.25) is 0 Å². The molecule has 0 fully saturated rings. The van der Waals surface area contributed by atoms with Crippen molar-refractivity contribution in [2.45, 2.75) is 44.7 Å². The highest BCUT2D eigenvalue weighted by Crippen LogP contribution is 2.27. The first kappa shape index (κ1) is 15.3. The number of nitrogens with two attached hydrogens (primary N) is 1. The first-order valence-electron chi connectivity index (χ1n) is 7.37. The minimum Gasteiger partial charge on any atom is -0.328 e. The molecule has 0 bridgehead atoms. The van der Waals surface area contributed by atoms with E-state index in [1.807, 2.05) is 17.8 Å². The van der Waals surface area contributed by atoms with E-state index < -0.39 is 0 Å². The number of nitrogens with zero attached hydrogens (tertiary/aromatic N) is 1. The number of hydrogen-bond donors (Lipinski definition) is 1. The molecule has 2 atom stereocenters. The lowest BCUT2D eigenvalue weighted by molar-refractivity contribution is 0.636. The Balaban J connectivity index is 2.32. The smallest absolute Gasteiger partial charge is 0.1000 e. The van der Waals surface area contributed by atoms with Gasteiger partial charge >= 0.3 is 0 Å². The van der Waals surface area contributed by atoms with E-state index in [4.69, 9.17) is 10.7 Å². The van der Waals surface area contributed by atoms with Crippen molar-refractivity contribution in [3.05, 3.63) is 35.9 Å². The van der Waals surface area contributed by atoms with Gasteiger partial charge in [0.1, 0.15) is 0 Å². The van der Waals surface area contributed by atoms with Gasteiger partial charge in [-0.15, -0.1) is 11.8 Å². The molecule has 0 spiro atoms. The number of hydrogen-bond acceptors (Lipinski definition) is 3. The van der Waals surface area contributed by atoms with Crippen molar-refractivity contribution in [1.82, 2.24) is 4.98 Å². The highest BCUT2D eigenvalue weighted by molar-refractivity contribution is 7.99. The third-order valence-electron chi connectivity index (χ3n) is 3.51. The summed E-state index contributed by atoms with van der Waals surface area (Å²) >= 11 is 1.87. The normalized spacial score (nSPS) is 14.4. The molecule has 1 aromatic heterocycles. The van der Waals surface area contributed by atoms with Gasteiger partial charge in [0.2, 0.25) is 0 Å². The van der Waals surface area contributed by atoms with Crippen LogP contribution >= 0.6 is 11.8 Å². The van der Waals surface area contributed by atoms with Gasteiger partial charge in [-0.2, -0.15) is 0 Å². The summed E-state index contributed by atoms with van der Waals surface area (Å²) in [6.45, 7) is 6.58. The molecule has 2 aromatic rings. The van der Waals surface area contributed by atoms with Gasteiger partial charge in [-0.25, -0.2) is 4.98 Å². The van der Waals surface area contributed by atoms with Crippen LogP contribution in [0.1, 0.15) is 32.8 Å². The molecule has 0 amide bonds. The second-order valence-electron chi connectivity index (χ2n) is 5.65. The van der Waals surface area contributed by atoms with Crippen LogP contribution in [0, 0.1) is 5.92 Å². The van der Waals surface area contributed by atoms with Crippen molar-refractivity contribution < 1.29 is 0 Å². The van der Waals surface area contributed by atoms with E-state index in [-0.39, 0.29) is 6.04 Å². The Labute approximate surface area is 126 Å². The number of pyridine rings is 1. The van der Waals surface area contributed by atoms with Gasteiger partial charge in [-0.1, -0.05) is 38.5 Å². The fourth-order valence-electron chi connectivity index (χ4n) is 2.10. The molecular formula is C17H24N2S. The number of thioether (sulfide) groups is 1. The summed E-state index contributed by atoms with van der Waals surface area (Å²) in [5, 5.41) is 2.36. The molecule has 108 valence electrons. The van der Waals surface area contributed by atoms with Crippen molar-refractivity contribution in [3.63, 3.8) is 0 Å². The predicted molar refractivity (Wildman–Crippen MR) is 89.3 cm³/mol. The number of aromatic nitrogens is 1. The van der Waals surface area contributed by atoms with Crippen LogP contribution in [0.25, 0.3) is 10.9 Å². The molecular weight excluding hydrogens is 264 g/mol. The third-order valence-corrected chi connectivity index (χ3v) is 4.87. The lowest BCUT2D eigenvalue weighted by Crippen LogP contribution is -2.18. The predicted octanol–water partition coefficient (Wildman–Crippen LogP) is 4.26. The highest BCUT2D eigenvalue weighted by Gasteiger charge is 2.11. The highest BCUT2D eigenvalue weighted by atomic mass is 32.2. The van der Waals surface area contributed by atoms with Crippen molar-refractivity contribution in [3.8, 4) is 0 Å². The second-order valence-corrected chi connectivity index (χ2v) is 6.66. The molecule has 1 heterocycles. The summed E-state index contributed by atoms with van der Waals surface area (Å²) in [7, 11) is 0. The van der Waals surface area contributed by atoms with Crippen molar-refractivity contribution in [1.29, 1.82) is 0 Å². The van der Waals surface area contributed by atoms with Crippen LogP contribution in [0.15, 0.2) is 35.4 Å². The molecule has 1 aromatic carbocycles. The molecule has 2 N–H and O–H groups in total. The Morgan fingerprint density at radius 2 is 2.00 bits per heavy atom. The lowest BCUT2D eigenvalue weighted by Gasteiger charge is -2.14. The zero-order chi connectivity index (χ0) is 14.5. The Bertz CT molecular complexity index is 566. The van der Waals surface area contributed by atoms with E-state index in [0.29, 0.717) is 0 Å². The maximum atomic E-state index is 5.98. The summed E-state index contributed by atoms with van der Waals surface area (Å²) in [5.74, 6) is 1.84. The van der Waals surface area contributed by atoms with Crippen LogP contribution in [-0.4, -0.2) is 16.8 Å². The number of benzene rings is 1. The minimum absolute atomic E-state index is 0.168. The maximum Gasteiger partial charge on any atom is 0.1000 e. The minimum atomic E-state index is 0.168. The van der Waals surface area contributed by atoms with E-state index in [2.05, 4.69) is 45.0 Å². The van der Waals surface area contributed by atoms with Gasteiger partial charge in [-0.05, 0) is 37.0 Å². The zero-order valence-corrected chi connectivity index (χ0v) is 13.4. The monoisotopic (exact) mass is 288 g/mol. The Morgan fingerprint density at radius 1 is 1.25 bits per heavy atom. The summed E-state index contributed by atoms with van der Waals surface area (Å²) in [5.41, 5.74) is 8.34. The third kappa shape index (κ3) is 3.97. The zero-order valence-electron chi connectivity index (χ0n) is 12.6. The molecule has 2 rings (SSSR count). The lowest BCUT2D eigenvalue weighted by atomic mass is 10.1. The summed E-state index contributed by atoms with van der Waals surface area (Å²) in [4.78, 5) is 4.84. The molecule has 0 radical (unpaired) electrons. The Morgan fingerprint density at radius 3 is 2.70 bits per heavy atom. The summed E-state index contributed by atoms with van der Waals surface area (Å²) in [6, 6.07) is 10.7. The van der Waals surface area contributed by atoms with Gasteiger partial charge in [-0.3, -0.25) is 0 Å². The van der Waals surface area contributed by atoms with Crippen molar-refractivity contribution in [2.75, 3.05) is 5.75 Å². The number of para-hydroxylation sites is 1. The van der Waals surface area contributed by atoms with Gasteiger partial charge in [0.25, 0.3) is 0 Å². The molecule has 2 nitrogen and oxygen atoms in total. The van der Waals surface area contributed by atoms with Gasteiger partial charge < -0.3 is 5.73 Å². The molecule has 3 heteroatoms. The van der Waals surface area contributed by atoms with Gasteiger partial charge in [0.15, 0.2) is 0 Å². The van der Waals surface area contributed by atoms with Crippen molar-refractivity contribution >= 4 is 22.7 Å². The van der Waals surface area contributed by atoms with Crippen LogP contribution in [0.5, 0.6) is 0 Å². The standard InChI is InChI=1S/C17H24N2S/c1-4-12(2)11-20-17-15(9-13(3)18)10-14-7-5-6-8-16(14)19-17/h5-8,10,12-13H,4,9,11,18H2,1-3H3. The van der Waals surface area contributed by atoms with Crippen LogP contribution < -0.4 is 5.73 Å². The summed E-state index contributed by atoms with van der Waals surface area (Å²) in [6.07, 6.45) is 2.10. The molecule has 0 saturated carbocycles. The summed E-state index contributed by atoms with van der Waals surface area (Å²) < 4.78 is 0. The first-order chi connectivity index (χ1) is 9.60. The van der Waals surface area contributed by atoms with E-state index >= 15 is 0 Å². The number of rotatable bonds is 6. The fourth-order valence-corrected chi connectivity index (χ4v) is 3.27. The van der Waals surface area contributed by atoms with E-state index in [1.165, 1.54) is 17.4 Å². The Hall–Kier alpha value is -1.06. The van der Waals surface area contributed by atoms with Crippen LogP contribution in [0.3, 0.4) is 0 Å². The molecule has 0 aliphatic rings. The van der Waals surface area contributed by atoms with Crippen molar-refractivity contribution in [2.24, 2.45) is 11.7 Å². The molecule has 2 unspecified atom stereocenters. The van der Waals surface area contributed by atoms with Crippen LogP contribution in [-0.2, 0) is 6.42 Å². The molecule has 20 heavy (non-hydrogen) atoms. The van der Waals surface area contributed by atoms with Gasteiger partial charge in [0.05, 0.1) is 10.5 Å². The van der Waals surface area contributed by atoms with Gasteiger partial charge in [0, 0.05) is 17.2 Å². The maximum absolute atomic E-state index is 5.98.